The average Bonchev–Trinajstić information content (AvgIpc) is 2.66. The van der Waals surface area contributed by atoms with E-state index < -0.39 is 0 Å². The smallest absolute Gasteiger partial charge is 0.305 e. The number of hydrogen-bond acceptors (Lipinski definition) is 4. The minimum atomic E-state index is -0.147. The van der Waals surface area contributed by atoms with Crippen molar-refractivity contribution in [2.24, 2.45) is 4.99 Å². The summed E-state index contributed by atoms with van der Waals surface area (Å²) in [6.45, 7) is 7.62. The molecule has 0 aliphatic carbocycles. The summed E-state index contributed by atoms with van der Waals surface area (Å²) in [7, 11) is 0. The van der Waals surface area contributed by atoms with Gasteiger partial charge in [0.25, 0.3) is 0 Å². The molecule has 1 fully saturated rings. The topological polar surface area (TPSA) is 63.2 Å². The van der Waals surface area contributed by atoms with E-state index in [1.54, 1.807) is 0 Å². The second-order valence-electron chi connectivity index (χ2n) is 6.26. The van der Waals surface area contributed by atoms with Gasteiger partial charge in [0.05, 0.1) is 6.61 Å². The Kier molecular flexibility index (Phi) is 11.9. The minimum absolute atomic E-state index is 0. The van der Waals surface area contributed by atoms with E-state index in [4.69, 9.17) is 9.47 Å². The lowest BCUT2D eigenvalue weighted by Crippen LogP contribution is -2.47. The van der Waals surface area contributed by atoms with Gasteiger partial charge in [-0.3, -0.25) is 9.79 Å². The Hall–Kier alpha value is -1.51. The van der Waals surface area contributed by atoms with E-state index >= 15 is 0 Å². The van der Waals surface area contributed by atoms with Gasteiger partial charge < -0.3 is 19.7 Å². The molecule has 7 heteroatoms. The van der Waals surface area contributed by atoms with Crippen LogP contribution in [0.5, 0.6) is 5.75 Å². The number of aliphatic imine (C=N–C) groups is 1. The molecule has 1 aliphatic heterocycles. The van der Waals surface area contributed by atoms with Crippen molar-refractivity contribution in [3.63, 3.8) is 0 Å². The summed E-state index contributed by atoms with van der Waals surface area (Å²) in [5, 5.41) is 3.35. The normalized spacial score (nSPS) is 15.0. The molecule has 1 N–H and O–H groups in total. The molecular formula is C20H32IN3O3. The van der Waals surface area contributed by atoms with Crippen LogP contribution in [0.2, 0.25) is 0 Å². The number of benzene rings is 1. The number of carbonyl (C=O) groups excluding carboxylic acids is 1. The molecule has 0 bridgehead atoms. The van der Waals surface area contributed by atoms with Gasteiger partial charge in [0, 0.05) is 45.4 Å². The number of nitrogens with one attached hydrogen (secondary N) is 1. The van der Waals surface area contributed by atoms with Crippen LogP contribution in [0.25, 0.3) is 0 Å². The summed E-state index contributed by atoms with van der Waals surface area (Å²) in [6.07, 6.45) is 3.33. The highest BCUT2D eigenvalue weighted by molar-refractivity contribution is 14.0. The van der Waals surface area contributed by atoms with Crippen LogP contribution in [-0.4, -0.2) is 55.7 Å². The fourth-order valence-corrected chi connectivity index (χ4v) is 2.94. The van der Waals surface area contributed by atoms with E-state index in [1.807, 2.05) is 37.3 Å². The second kappa shape index (κ2) is 13.6. The fourth-order valence-electron chi connectivity index (χ4n) is 2.94. The first-order chi connectivity index (χ1) is 12.7. The number of carbonyl (C=O) groups is 1. The van der Waals surface area contributed by atoms with Crippen LogP contribution in [0.1, 0.15) is 39.5 Å². The number of rotatable bonds is 8. The SMILES string of the molecule is CCNC(=NCCCC(=O)OCC)N1CCC(Oc2ccccc2)CC1.I. The van der Waals surface area contributed by atoms with Gasteiger partial charge in [-0.2, -0.15) is 0 Å². The highest BCUT2D eigenvalue weighted by Crippen LogP contribution is 2.18. The van der Waals surface area contributed by atoms with E-state index in [0.717, 1.165) is 44.2 Å². The molecular weight excluding hydrogens is 457 g/mol. The third kappa shape index (κ3) is 8.81. The first-order valence-corrected chi connectivity index (χ1v) is 9.63. The Morgan fingerprint density at radius 3 is 2.56 bits per heavy atom. The fraction of sp³-hybridized carbons (Fsp3) is 0.600. The molecule has 0 aromatic heterocycles. The van der Waals surface area contributed by atoms with Crippen LogP contribution in [-0.2, 0) is 9.53 Å². The number of piperidine rings is 1. The van der Waals surface area contributed by atoms with Gasteiger partial charge in [0.2, 0.25) is 0 Å². The minimum Gasteiger partial charge on any atom is -0.490 e. The maximum Gasteiger partial charge on any atom is 0.305 e. The van der Waals surface area contributed by atoms with Crippen molar-refractivity contribution >= 4 is 35.9 Å². The van der Waals surface area contributed by atoms with Crippen molar-refractivity contribution in [3.8, 4) is 5.75 Å². The van der Waals surface area contributed by atoms with Gasteiger partial charge in [0.15, 0.2) is 5.96 Å². The second-order valence-corrected chi connectivity index (χ2v) is 6.26. The first kappa shape index (κ1) is 23.5. The van der Waals surface area contributed by atoms with Gasteiger partial charge in [-0.1, -0.05) is 18.2 Å². The third-order valence-corrected chi connectivity index (χ3v) is 4.23. The van der Waals surface area contributed by atoms with Crippen LogP contribution < -0.4 is 10.1 Å². The van der Waals surface area contributed by atoms with Crippen molar-refractivity contribution < 1.29 is 14.3 Å². The van der Waals surface area contributed by atoms with Crippen LogP contribution in [0, 0.1) is 0 Å². The monoisotopic (exact) mass is 489 g/mol. The summed E-state index contributed by atoms with van der Waals surface area (Å²) in [6, 6.07) is 9.99. The quantitative estimate of drug-likeness (QED) is 0.199. The van der Waals surface area contributed by atoms with E-state index in [0.29, 0.717) is 26.0 Å². The largest absolute Gasteiger partial charge is 0.490 e. The Balaban J connectivity index is 0.00000364. The summed E-state index contributed by atoms with van der Waals surface area (Å²) in [5.74, 6) is 1.71. The molecule has 1 heterocycles. The number of para-hydroxylation sites is 1. The number of hydrogen-bond donors (Lipinski definition) is 1. The standard InChI is InChI=1S/C20H31N3O3.HI/c1-3-21-20(22-14-8-11-19(24)25-4-2)23-15-12-18(13-16-23)26-17-9-6-5-7-10-17;/h5-7,9-10,18H,3-4,8,11-16H2,1-2H3,(H,21,22);1H. The molecule has 0 unspecified atom stereocenters. The zero-order valence-electron chi connectivity index (χ0n) is 16.4. The number of halogens is 1. The molecule has 1 saturated heterocycles. The highest BCUT2D eigenvalue weighted by atomic mass is 127. The number of ether oxygens (including phenoxy) is 2. The Labute approximate surface area is 179 Å². The van der Waals surface area contributed by atoms with Gasteiger partial charge in [0.1, 0.15) is 11.9 Å². The van der Waals surface area contributed by atoms with Gasteiger partial charge in [-0.25, -0.2) is 0 Å². The van der Waals surface area contributed by atoms with Crippen molar-refractivity contribution in [1.82, 2.24) is 10.2 Å². The lowest BCUT2D eigenvalue weighted by molar-refractivity contribution is -0.143. The van der Waals surface area contributed by atoms with E-state index in [1.165, 1.54) is 0 Å². The van der Waals surface area contributed by atoms with Crippen molar-refractivity contribution in [1.29, 1.82) is 0 Å². The predicted octanol–water partition coefficient (Wildman–Crippen LogP) is 3.46. The van der Waals surface area contributed by atoms with E-state index in [9.17, 15) is 4.79 Å². The lowest BCUT2D eigenvalue weighted by Gasteiger charge is -2.34. The molecule has 0 atom stereocenters. The van der Waals surface area contributed by atoms with Gasteiger partial charge in [-0.05, 0) is 32.4 Å². The Morgan fingerprint density at radius 2 is 1.93 bits per heavy atom. The number of esters is 1. The van der Waals surface area contributed by atoms with Crippen molar-refractivity contribution in [2.45, 2.75) is 45.6 Å². The summed E-state index contributed by atoms with van der Waals surface area (Å²) < 4.78 is 11.0. The Morgan fingerprint density at radius 1 is 1.22 bits per heavy atom. The first-order valence-electron chi connectivity index (χ1n) is 9.63. The summed E-state index contributed by atoms with van der Waals surface area (Å²) in [5.41, 5.74) is 0. The van der Waals surface area contributed by atoms with Crippen LogP contribution in [0.3, 0.4) is 0 Å². The number of likely N-dealkylation sites (tertiary alicyclic amines) is 1. The van der Waals surface area contributed by atoms with E-state index in [-0.39, 0.29) is 36.0 Å². The molecule has 0 amide bonds. The summed E-state index contributed by atoms with van der Waals surface area (Å²) >= 11 is 0. The molecule has 152 valence electrons. The maximum atomic E-state index is 11.4. The average molecular weight is 489 g/mol. The lowest BCUT2D eigenvalue weighted by atomic mass is 10.1. The van der Waals surface area contributed by atoms with Gasteiger partial charge >= 0.3 is 5.97 Å². The molecule has 0 spiro atoms. The van der Waals surface area contributed by atoms with Crippen molar-refractivity contribution in [3.05, 3.63) is 30.3 Å². The van der Waals surface area contributed by atoms with Crippen LogP contribution >= 0.6 is 24.0 Å². The van der Waals surface area contributed by atoms with Crippen LogP contribution in [0.4, 0.5) is 0 Å². The molecule has 0 saturated carbocycles. The zero-order valence-corrected chi connectivity index (χ0v) is 18.7. The zero-order chi connectivity index (χ0) is 18.6. The van der Waals surface area contributed by atoms with E-state index in [2.05, 4.69) is 22.1 Å². The number of guanidine groups is 1. The molecule has 27 heavy (non-hydrogen) atoms. The molecule has 0 radical (unpaired) electrons. The molecule has 2 rings (SSSR count). The molecule has 6 nitrogen and oxygen atoms in total. The summed E-state index contributed by atoms with van der Waals surface area (Å²) in [4.78, 5) is 18.3. The molecule has 1 aromatic rings. The predicted molar refractivity (Wildman–Crippen MR) is 119 cm³/mol. The number of nitrogens with zero attached hydrogens (tertiary/aromatic N) is 2. The van der Waals surface area contributed by atoms with Crippen LogP contribution in [0.15, 0.2) is 35.3 Å². The molecule has 1 aromatic carbocycles. The molecule has 1 aliphatic rings. The van der Waals surface area contributed by atoms with Gasteiger partial charge in [-0.15, -0.1) is 24.0 Å². The third-order valence-electron chi connectivity index (χ3n) is 4.23. The maximum absolute atomic E-state index is 11.4. The highest BCUT2D eigenvalue weighted by Gasteiger charge is 2.22. The Bertz CT molecular complexity index is 561. The van der Waals surface area contributed by atoms with Crippen molar-refractivity contribution in [2.75, 3.05) is 32.8 Å².